The summed E-state index contributed by atoms with van der Waals surface area (Å²) in [6.45, 7) is 0.140. The summed E-state index contributed by atoms with van der Waals surface area (Å²) in [5.41, 5.74) is 0.301. The van der Waals surface area contributed by atoms with E-state index in [1.54, 1.807) is 30.3 Å². The normalized spacial score (nSPS) is 10.4. The molecule has 9 heteroatoms. The largest absolute Gasteiger partial charge is 0.495 e. The lowest BCUT2D eigenvalue weighted by Gasteiger charge is -2.10. The van der Waals surface area contributed by atoms with Gasteiger partial charge in [0.25, 0.3) is 0 Å². The molecule has 28 heavy (non-hydrogen) atoms. The van der Waals surface area contributed by atoms with Crippen LogP contribution in [0, 0.1) is 0 Å². The number of carbonyl (C=O) groups excluding carboxylic acids is 3. The number of halogens is 1. The lowest BCUT2D eigenvalue weighted by molar-refractivity contribution is -0.136. The van der Waals surface area contributed by atoms with Gasteiger partial charge in [-0.2, -0.15) is 0 Å². The first-order valence-corrected chi connectivity index (χ1v) is 10.1. The van der Waals surface area contributed by atoms with Gasteiger partial charge in [0.05, 0.1) is 29.1 Å². The van der Waals surface area contributed by atoms with Crippen molar-refractivity contribution in [2.75, 3.05) is 12.4 Å². The number of nitrogens with one attached hydrogen (secondary N) is 2. The number of rotatable bonds is 6. The highest BCUT2D eigenvalue weighted by Gasteiger charge is 2.17. The minimum Gasteiger partial charge on any atom is -0.495 e. The Kier molecular flexibility index (Phi) is 6.45. The molecule has 3 aromatic rings. The fraction of sp³-hybridized carbons (Fsp3) is 0.105. The second-order valence-corrected chi connectivity index (χ2v) is 8.11. The van der Waals surface area contributed by atoms with Crippen molar-refractivity contribution in [2.24, 2.45) is 0 Å². The van der Waals surface area contributed by atoms with Crippen LogP contribution in [0.25, 0.3) is 0 Å². The van der Waals surface area contributed by atoms with Crippen molar-refractivity contribution in [1.82, 2.24) is 5.32 Å². The molecule has 0 fully saturated rings. The van der Waals surface area contributed by atoms with Gasteiger partial charge in [-0.3, -0.25) is 14.4 Å². The van der Waals surface area contributed by atoms with Gasteiger partial charge < -0.3 is 15.4 Å². The molecule has 0 saturated heterocycles. The van der Waals surface area contributed by atoms with Crippen molar-refractivity contribution in [3.05, 3.63) is 67.5 Å². The van der Waals surface area contributed by atoms with E-state index in [4.69, 9.17) is 16.3 Å². The Morgan fingerprint density at radius 1 is 1.07 bits per heavy atom. The Morgan fingerprint density at radius 3 is 2.61 bits per heavy atom. The van der Waals surface area contributed by atoms with E-state index in [2.05, 4.69) is 10.6 Å². The van der Waals surface area contributed by atoms with Crippen LogP contribution in [-0.4, -0.2) is 24.7 Å². The van der Waals surface area contributed by atoms with Crippen molar-refractivity contribution in [3.63, 3.8) is 0 Å². The van der Waals surface area contributed by atoms with Crippen molar-refractivity contribution in [3.8, 4) is 5.75 Å². The molecule has 0 aliphatic carbocycles. The summed E-state index contributed by atoms with van der Waals surface area (Å²) < 4.78 is 5.13. The predicted octanol–water partition coefficient (Wildman–Crippen LogP) is 3.96. The Hall–Kier alpha value is -2.68. The van der Waals surface area contributed by atoms with Gasteiger partial charge in [-0.25, -0.2) is 0 Å². The maximum Gasteiger partial charge on any atom is 0.313 e. The van der Waals surface area contributed by atoms with Crippen LogP contribution >= 0.6 is 34.3 Å². The molecule has 2 heterocycles. The molecular formula is C19H15ClN2O4S2. The maximum atomic E-state index is 12.3. The zero-order valence-corrected chi connectivity index (χ0v) is 17.0. The number of anilines is 1. The van der Waals surface area contributed by atoms with Gasteiger partial charge in [0.15, 0.2) is 0 Å². The molecule has 3 rings (SSSR count). The van der Waals surface area contributed by atoms with Crippen LogP contribution in [0.15, 0.2) is 47.8 Å². The van der Waals surface area contributed by atoms with Crippen LogP contribution in [0.1, 0.15) is 19.4 Å². The lowest BCUT2D eigenvalue weighted by atomic mass is 10.2. The zero-order chi connectivity index (χ0) is 20.1. The van der Waals surface area contributed by atoms with E-state index in [-0.39, 0.29) is 12.3 Å². The number of carbonyl (C=O) groups is 3. The molecule has 0 unspecified atom stereocenters. The van der Waals surface area contributed by atoms with E-state index in [0.717, 1.165) is 4.88 Å². The lowest BCUT2D eigenvalue weighted by Crippen LogP contribution is -2.34. The fourth-order valence-electron chi connectivity index (χ4n) is 2.33. The quantitative estimate of drug-likeness (QED) is 0.454. The summed E-state index contributed by atoms with van der Waals surface area (Å²) in [4.78, 5) is 38.5. The number of ketones is 1. The number of amides is 2. The van der Waals surface area contributed by atoms with Crippen LogP contribution < -0.4 is 15.4 Å². The van der Waals surface area contributed by atoms with Gasteiger partial charge in [-0.05, 0) is 41.8 Å². The van der Waals surface area contributed by atoms with Crippen molar-refractivity contribution < 1.29 is 19.1 Å². The Bertz CT molecular complexity index is 1010. The number of methoxy groups -OCH3 is 1. The van der Waals surface area contributed by atoms with Gasteiger partial charge in [-0.15, -0.1) is 22.7 Å². The van der Waals surface area contributed by atoms with E-state index in [0.29, 0.717) is 26.2 Å². The van der Waals surface area contributed by atoms with E-state index in [1.165, 1.54) is 35.8 Å². The van der Waals surface area contributed by atoms with Crippen molar-refractivity contribution >= 4 is 57.6 Å². The van der Waals surface area contributed by atoms with Gasteiger partial charge >= 0.3 is 11.8 Å². The highest BCUT2D eigenvalue weighted by molar-refractivity contribution is 7.16. The van der Waals surface area contributed by atoms with Gasteiger partial charge in [0, 0.05) is 9.90 Å². The molecule has 0 atom stereocenters. The van der Waals surface area contributed by atoms with E-state index in [1.807, 2.05) is 11.4 Å². The molecule has 2 N–H and O–H groups in total. The minimum absolute atomic E-state index is 0.0524. The second kappa shape index (κ2) is 9.01. The standard InChI is InChI=1S/C19H15ClN2O4S2/c1-26-14-6-4-11(20)9-13(14)22-19(25)18(24)21-10-12-5-7-16(28-12)17(23)15-3-2-8-27-15/h2-9H,10H2,1H3,(H,21,24)(H,22,25). The molecule has 6 nitrogen and oxygen atoms in total. The van der Waals surface area contributed by atoms with Gasteiger partial charge in [0.2, 0.25) is 5.78 Å². The Balaban J connectivity index is 1.58. The van der Waals surface area contributed by atoms with Crippen LogP contribution in [0.4, 0.5) is 5.69 Å². The summed E-state index contributed by atoms with van der Waals surface area (Å²) >= 11 is 8.57. The third-order valence-corrected chi connectivity index (χ3v) is 5.86. The number of hydrogen-bond donors (Lipinski definition) is 2. The van der Waals surface area contributed by atoms with Crippen LogP contribution in [-0.2, 0) is 16.1 Å². The van der Waals surface area contributed by atoms with E-state index >= 15 is 0 Å². The van der Waals surface area contributed by atoms with Gasteiger partial charge in [-0.1, -0.05) is 17.7 Å². The summed E-state index contributed by atoms with van der Waals surface area (Å²) in [7, 11) is 1.45. The van der Waals surface area contributed by atoms with Crippen LogP contribution in [0.5, 0.6) is 5.75 Å². The Morgan fingerprint density at radius 2 is 1.89 bits per heavy atom. The summed E-state index contributed by atoms with van der Waals surface area (Å²) in [5.74, 6) is -1.31. The molecule has 2 amide bonds. The SMILES string of the molecule is COc1ccc(Cl)cc1NC(=O)C(=O)NCc1ccc(C(=O)c2cccs2)s1. The summed E-state index contributed by atoms with van der Waals surface area (Å²) in [5, 5.41) is 7.25. The first kappa shape index (κ1) is 20.1. The number of hydrogen-bond acceptors (Lipinski definition) is 6. The van der Waals surface area contributed by atoms with Gasteiger partial charge in [0.1, 0.15) is 5.75 Å². The molecule has 2 aromatic heterocycles. The average molecular weight is 435 g/mol. The average Bonchev–Trinajstić information content (AvgIpc) is 3.38. The van der Waals surface area contributed by atoms with E-state index < -0.39 is 11.8 Å². The number of benzene rings is 1. The molecule has 0 radical (unpaired) electrons. The Labute approximate surface area is 174 Å². The highest BCUT2D eigenvalue weighted by Crippen LogP contribution is 2.27. The van der Waals surface area contributed by atoms with Crippen molar-refractivity contribution in [2.45, 2.75) is 6.54 Å². The number of thiophene rings is 2. The fourth-order valence-corrected chi connectivity index (χ4v) is 4.14. The molecule has 0 aliphatic rings. The van der Waals surface area contributed by atoms with Crippen molar-refractivity contribution in [1.29, 1.82) is 0 Å². The number of ether oxygens (including phenoxy) is 1. The zero-order valence-electron chi connectivity index (χ0n) is 14.7. The molecule has 0 saturated carbocycles. The minimum atomic E-state index is -0.841. The molecule has 0 aliphatic heterocycles. The molecule has 1 aromatic carbocycles. The topological polar surface area (TPSA) is 84.5 Å². The summed E-state index contributed by atoms with van der Waals surface area (Å²) in [6, 6.07) is 11.8. The predicted molar refractivity (Wildman–Crippen MR) is 111 cm³/mol. The molecule has 0 spiro atoms. The molecule has 0 bridgehead atoms. The molecule has 144 valence electrons. The maximum absolute atomic E-state index is 12.3. The second-order valence-electron chi connectivity index (χ2n) is 5.55. The smallest absolute Gasteiger partial charge is 0.313 e. The highest BCUT2D eigenvalue weighted by atomic mass is 35.5. The third kappa shape index (κ3) is 4.78. The monoisotopic (exact) mass is 434 g/mol. The third-order valence-electron chi connectivity index (χ3n) is 3.67. The summed E-state index contributed by atoms with van der Waals surface area (Å²) in [6.07, 6.45) is 0. The van der Waals surface area contributed by atoms with Crippen LogP contribution in [0.3, 0.4) is 0 Å². The van der Waals surface area contributed by atoms with E-state index in [9.17, 15) is 14.4 Å². The van der Waals surface area contributed by atoms with Crippen LogP contribution in [0.2, 0.25) is 5.02 Å². The first-order chi connectivity index (χ1) is 13.5. The first-order valence-electron chi connectivity index (χ1n) is 8.07. The molecular weight excluding hydrogens is 420 g/mol.